The maximum atomic E-state index is 12.9. The number of carbonyl (C=O) groups excluding carboxylic acids is 1. The third-order valence-corrected chi connectivity index (χ3v) is 6.47. The summed E-state index contributed by atoms with van der Waals surface area (Å²) in [7, 11) is 0. The molecule has 0 radical (unpaired) electrons. The van der Waals surface area contributed by atoms with E-state index < -0.39 is 5.91 Å². The Balaban J connectivity index is 1.43. The molecule has 0 aliphatic carbocycles. The van der Waals surface area contributed by atoms with E-state index in [9.17, 15) is 10.1 Å². The van der Waals surface area contributed by atoms with Crippen LogP contribution in [0.5, 0.6) is 17.2 Å². The molecule has 1 N–H and O–H groups in total. The zero-order valence-corrected chi connectivity index (χ0v) is 24.0. The number of ether oxygens (including phenoxy) is 3. The van der Waals surface area contributed by atoms with Gasteiger partial charge in [0, 0.05) is 10.2 Å². The van der Waals surface area contributed by atoms with Crippen molar-refractivity contribution in [1.82, 2.24) is 0 Å². The van der Waals surface area contributed by atoms with E-state index in [1.165, 1.54) is 6.08 Å². The number of nitrogens with zero attached hydrogens (tertiary/aromatic N) is 1. The lowest BCUT2D eigenvalue weighted by molar-refractivity contribution is -0.112. The topological polar surface area (TPSA) is 80.6 Å². The SMILES string of the molecule is CCOc1cc(/C=C(\C#N)C(=O)Nc2ccc(OCc3ccc(Br)cc3)cc2)cc(Cl)c1OCc1ccccc1. The standard InChI is InChI=1S/C32H26BrClN2O4/c1-2-38-30-18-24(17-29(34)31(30)40-21-22-6-4-3-5-7-22)16-25(19-35)32(37)36-27-12-14-28(15-13-27)39-20-23-8-10-26(33)11-9-23/h3-18H,2,20-21H2,1H3,(H,36,37)/b25-16+. The highest BCUT2D eigenvalue weighted by Crippen LogP contribution is 2.38. The van der Waals surface area contributed by atoms with Gasteiger partial charge in [-0.2, -0.15) is 5.26 Å². The van der Waals surface area contributed by atoms with E-state index in [1.54, 1.807) is 36.4 Å². The largest absolute Gasteiger partial charge is 0.490 e. The third-order valence-electron chi connectivity index (χ3n) is 5.66. The van der Waals surface area contributed by atoms with Crippen molar-refractivity contribution in [3.63, 3.8) is 0 Å². The van der Waals surface area contributed by atoms with E-state index in [0.29, 0.717) is 53.3 Å². The first kappa shape index (κ1) is 28.8. The second kappa shape index (κ2) is 14.2. The average Bonchev–Trinajstić information content (AvgIpc) is 2.96. The van der Waals surface area contributed by atoms with Crippen LogP contribution >= 0.6 is 27.5 Å². The van der Waals surface area contributed by atoms with Crippen molar-refractivity contribution in [2.24, 2.45) is 0 Å². The highest BCUT2D eigenvalue weighted by molar-refractivity contribution is 9.10. The van der Waals surface area contributed by atoms with Crippen LogP contribution in [0.4, 0.5) is 5.69 Å². The Morgan fingerprint density at radius 2 is 1.60 bits per heavy atom. The van der Waals surface area contributed by atoms with Gasteiger partial charge in [0.15, 0.2) is 11.5 Å². The summed E-state index contributed by atoms with van der Waals surface area (Å²) in [5.41, 5.74) is 2.99. The van der Waals surface area contributed by atoms with Gasteiger partial charge in [-0.25, -0.2) is 0 Å². The maximum absolute atomic E-state index is 12.9. The van der Waals surface area contributed by atoms with Gasteiger partial charge in [-0.05, 0) is 78.2 Å². The molecule has 0 saturated heterocycles. The van der Waals surface area contributed by atoms with E-state index >= 15 is 0 Å². The first-order valence-electron chi connectivity index (χ1n) is 12.5. The van der Waals surface area contributed by atoms with Gasteiger partial charge in [0.25, 0.3) is 5.91 Å². The first-order chi connectivity index (χ1) is 19.4. The number of hydrogen-bond acceptors (Lipinski definition) is 5. The van der Waals surface area contributed by atoms with Crippen LogP contribution in [0.25, 0.3) is 6.08 Å². The van der Waals surface area contributed by atoms with E-state index in [4.69, 9.17) is 25.8 Å². The summed E-state index contributed by atoms with van der Waals surface area (Å²) in [5.74, 6) is 0.928. The molecule has 0 aliphatic heterocycles. The van der Waals surface area contributed by atoms with Gasteiger partial charge in [-0.15, -0.1) is 0 Å². The number of nitrogens with one attached hydrogen (secondary N) is 1. The van der Waals surface area contributed by atoms with Crippen LogP contribution in [0, 0.1) is 11.3 Å². The summed E-state index contributed by atoms with van der Waals surface area (Å²) in [6.07, 6.45) is 1.46. The van der Waals surface area contributed by atoms with E-state index in [1.807, 2.05) is 67.6 Å². The van der Waals surface area contributed by atoms with E-state index in [-0.39, 0.29) is 5.57 Å². The van der Waals surface area contributed by atoms with Gasteiger partial charge < -0.3 is 19.5 Å². The average molecular weight is 618 g/mol. The van der Waals surface area contributed by atoms with Gasteiger partial charge in [-0.3, -0.25) is 4.79 Å². The Bertz CT molecular complexity index is 1520. The molecule has 0 bridgehead atoms. The van der Waals surface area contributed by atoms with Crippen molar-refractivity contribution in [2.75, 3.05) is 11.9 Å². The Hall–Kier alpha value is -4.25. The van der Waals surface area contributed by atoms with Crippen LogP contribution in [0.2, 0.25) is 5.02 Å². The summed E-state index contributed by atoms with van der Waals surface area (Å²) < 4.78 is 18.5. The molecule has 4 rings (SSSR count). The fourth-order valence-corrected chi connectivity index (χ4v) is 4.24. The molecule has 0 saturated carbocycles. The minimum Gasteiger partial charge on any atom is -0.490 e. The number of halogens is 2. The van der Waals surface area contributed by atoms with Crippen molar-refractivity contribution < 1.29 is 19.0 Å². The Labute approximate surface area is 246 Å². The van der Waals surface area contributed by atoms with Crippen molar-refractivity contribution in [1.29, 1.82) is 5.26 Å². The highest BCUT2D eigenvalue weighted by Gasteiger charge is 2.15. The molecule has 0 atom stereocenters. The lowest BCUT2D eigenvalue weighted by Gasteiger charge is -2.15. The van der Waals surface area contributed by atoms with Crippen LogP contribution in [0.15, 0.2) is 101 Å². The summed E-state index contributed by atoms with van der Waals surface area (Å²) >= 11 is 9.94. The maximum Gasteiger partial charge on any atom is 0.266 e. The summed E-state index contributed by atoms with van der Waals surface area (Å²) in [5, 5.41) is 12.7. The van der Waals surface area contributed by atoms with Gasteiger partial charge in [0.2, 0.25) is 0 Å². The predicted octanol–water partition coefficient (Wildman–Crippen LogP) is 8.20. The van der Waals surface area contributed by atoms with Crippen molar-refractivity contribution in [2.45, 2.75) is 20.1 Å². The van der Waals surface area contributed by atoms with Crippen molar-refractivity contribution >= 4 is 45.2 Å². The number of amides is 1. The Kier molecular flexibility index (Phi) is 10.2. The highest BCUT2D eigenvalue weighted by atomic mass is 79.9. The molecule has 4 aromatic carbocycles. The molecule has 202 valence electrons. The molecule has 0 heterocycles. The quantitative estimate of drug-likeness (QED) is 0.136. The molecule has 4 aromatic rings. The zero-order valence-electron chi connectivity index (χ0n) is 21.7. The molecule has 8 heteroatoms. The summed E-state index contributed by atoms with van der Waals surface area (Å²) in [4.78, 5) is 12.9. The second-order valence-corrected chi connectivity index (χ2v) is 9.92. The zero-order chi connectivity index (χ0) is 28.3. The van der Waals surface area contributed by atoms with Crippen molar-refractivity contribution in [3.8, 4) is 23.3 Å². The smallest absolute Gasteiger partial charge is 0.266 e. The summed E-state index contributed by atoms with van der Waals surface area (Å²) in [6, 6.07) is 29.8. The normalized spacial score (nSPS) is 10.9. The first-order valence-corrected chi connectivity index (χ1v) is 13.7. The van der Waals surface area contributed by atoms with Crippen LogP contribution in [-0.4, -0.2) is 12.5 Å². The number of carbonyl (C=O) groups is 1. The number of nitriles is 1. The van der Waals surface area contributed by atoms with Gasteiger partial charge in [0.05, 0.1) is 11.6 Å². The Morgan fingerprint density at radius 3 is 2.27 bits per heavy atom. The lowest BCUT2D eigenvalue weighted by Crippen LogP contribution is -2.13. The molecule has 0 aromatic heterocycles. The van der Waals surface area contributed by atoms with Gasteiger partial charge >= 0.3 is 0 Å². The predicted molar refractivity (Wildman–Crippen MR) is 161 cm³/mol. The number of anilines is 1. The number of benzene rings is 4. The third kappa shape index (κ3) is 8.12. The number of rotatable bonds is 11. The lowest BCUT2D eigenvalue weighted by atomic mass is 10.1. The van der Waals surface area contributed by atoms with Gasteiger partial charge in [-0.1, -0.05) is 70.0 Å². The van der Waals surface area contributed by atoms with Crippen LogP contribution < -0.4 is 19.5 Å². The Morgan fingerprint density at radius 1 is 0.925 bits per heavy atom. The van der Waals surface area contributed by atoms with Crippen molar-refractivity contribution in [3.05, 3.63) is 123 Å². The fourth-order valence-electron chi connectivity index (χ4n) is 3.70. The number of hydrogen-bond donors (Lipinski definition) is 1. The minimum absolute atomic E-state index is 0.0907. The second-order valence-electron chi connectivity index (χ2n) is 8.60. The molecular formula is C32H26BrClN2O4. The molecule has 40 heavy (non-hydrogen) atoms. The fraction of sp³-hybridized carbons (Fsp3) is 0.125. The summed E-state index contributed by atoms with van der Waals surface area (Å²) in [6.45, 7) is 2.97. The van der Waals surface area contributed by atoms with Crippen LogP contribution in [0.3, 0.4) is 0 Å². The van der Waals surface area contributed by atoms with E-state index in [2.05, 4.69) is 21.2 Å². The molecular weight excluding hydrogens is 592 g/mol. The molecule has 0 aliphatic rings. The molecule has 6 nitrogen and oxygen atoms in total. The van der Waals surface area contributed by atoms with E-state index in [0.717, 1.165) is 15.6 Å². The van der Waals surface area contributed by atoms with Crippen LogP contribution in [0.1, 0.15) is 23.6 Å². The molecule has 0 spiro atoms. The monoisotopic (exact) mass is 616 g/mol. The van der Waals surface area contributed by atoms with Crippen LogP contribution in [-0.2, 0) is 18.0 Å². The minimum atomic E-state index is -0.551. The molecule has 0 unspecified atom stereocenters. The molecule has 0 fully saturated rings. The van der Waals surface area contributed by atoms with Gasteiger partial charge in [0.1, 0.15) is 30.6 Å². The molecule has 1 amide bonds.